The van der Waals surface area contributed by atoms with Gasteiger partial charge in [0.25, 0.3) is 0 Å². The molecule has 1 N–H and O–H groups in total. The van der Waals surface area contributed by atoms with Crippen LogP contribution >= 0.6 is 34.3 Å². The fraction of sp³-hybridized carbons (Fsp3) is 0.523. The van der Waals surface area contributed by atoms with Gasteiger partial charge in [-0.3, -0.25) is 14.6 Å². The van der Waals surface area contributed by atoms with Crippen LogP contribution in [0.4, 0.5) is 11.5 Å². The Hall–Kier alpha value is -4.20. The number of likely N-dealkylation sites (tertiary alicyclic amines) is 2. The molecule has 2 saturated carbocycles. The molecule has 300 valence electrons. The zero-order valence-corrected chi connectivity index (χ0v) is 35.2. The highest BCUT2D eigenvalue weighted by Gasteiger charge is 2.50. The van der Waals surface area contributed by atoms with Gasteiger partial charge >= 0.3 is 0 Å². The average molecular weight is 835 g/mol. The Morgan fingerprint density at radius 1 is 0.828 bits per heavy atom. The normalized spacial score (nSPS) is 22.9. The molecular weight excluding hydrogens is 788 g/mol. The maximum Gasteiger partial charge on any atom is 0.226 e. The van der Waals surface area contributed by atoms with Crippen LogP contribution in [-0.4, -0.2) is 80.6 Å². The highest BCUT2D eigenvalue weighted by molar-refractivity contribution is 7.19. The molecule has 1 aromatic carbocycles. The van der Waals surface area contributed by atoms with Gasteiger partial charge in [-0.15, -0.1) is 22.7 Å². The minimum Gasteiger partial charge on any atom is -0.492 e. The van der Waals surface area contributed by atoms with Crippen LogP contribution in [-0.2, 0) is 41.8 Å². The van der Waals surface area contributed by atoms with Gasteiger partial charge in [-0.2, -0.15) is 0 Å². The van der Waals surface area contributed by atoms with Gasteiger partial charge in [0.2, 0.25) is 11.8 Å². The van der Waals surface area contributed by atoms with Crippen molar-refractivity contribution in [3.63, 3.8) is 0 Å². The van der Waals surface area contributed by atoms with Crippen molar-refractivity contribution in [2.24, 2.45) is 27.7 Å². The highest BCUT2D eigenvalue weighted by Crippen LogP contribution is 2.54. The lowest BCUT2D eigenvalue weighted by molar-refractivity contribution is -0.135. The van der Waals surface area contributed by atoms with Crippen molar-refractivity contribution in [2.45, 2.75) is 90.5 Å². The van der Waals surface area contributed by atoms with Gasteiger partial charge in [-0.05, 0) is 129 Å². The maximum absolute atomic E-state index is 13.3. The minimum atomic E-state index is 0.0920. The van der Waals surface area contributed by atoms with Crippen LogP contribution in [0.25, 0.3) is 20.4 Å². The van der Waals surface area contributed by atoms with Crippen molar-refractivity contribution in [3.05, 3.63) is 61.9 Å². The van der Waals surface area contributed by atoms with E-state index in [4.69, 9.17) is 16.3 Å². The molecule has 5 aromatic rings. The molecule has 0 bridgehead atoms. The summed E-state index contributed by atoms with van der Waals surface area (Å²) in [6, 6.07) is 4.18. The summed E-state index contributed by atoms with van der Waals surface area (Å²) >= 11 is 9.66. The van der Waals surface area contributed by atoms with Crippen molar-refractivity contribution in [2.75, 3.05) is 38.1 Å². The van der Waals surface area contributed by atoms with Crippen LogP contribution < -0.4 is 10.1 Å². The molecule has 0 radical (unpaired) electrons. The molecule has 58 heavy (non-hydrogen) atoms. The smallest absolute Gasteiger partial charge is 0.226 e. The Bertz CT molecular complexity index is 2520. The van der Waals surface area contributed by atoms with Crippen molar-refractivity contribution in [1.29, 1.82) is 0 Å². The number of aromatic nitrogens is 4. The van der Waals surface area contributed by atoms with E-state index in [-0.39, 0.29) is 11.8 Å². The minimum absolute atomic E-state index is 0.0920. The largest absolute Gasteiger partial charge is 0.492 e. The summed E-state index contributed by atoms with van der Waals surface area (Å²) in [5, 5.41) is 6.21. The molecule has 7 heterocycles. The van der Waals surface area contributed by atoms with Crippen LogP contribution in [0.2, 0.25) is 5.15 Å². The molecule has 3 aliphatic heterocycles. The van der Waals surface area contributed by atoms with E-state index in [2.05, 4.69) is 52.2 Å². The van der Waals surface area contributed by atoms with Crippen molar-refractivity contribution in [1.82, 2.24) is 29.7 Å². The van der Waals surface area contributed by atoms with Gasteiger partial charge in [-0.25, -0.2) is 19.9 Å². The van der Waals surface area contributed by atoms with E-state index >= 15 is 0 Å². The molecule has 2 amide bonds. The fourth-order valence-electron chi connectivity index (χ4n) is 10.3. The standard InChI is InChI=1S/C27H29N5O2S.C17H18ClN3OS/c1-2-34-21-10-18-13-28-12-17(18)9-20(21)31-24-23-19-4-3-16(11-22(19)35-25(23)30-15-29-24)26(33)32-8-7-27(14-32)5-6-27;18-14-13-11-2-1-10(7-12(11)23-15(13)20-9-19-14)16(22)21-6-5-17(8-21)3-4-17/h9-10,12,15-16H,2-8,11,13-14H2,1H3,(H,29,30,31);9-10H,1-8H2. The van der Waals surface area contributed by atoms with E-state index in [1.807, 2.05) is 13.1 Å². The lowest BCUT2D eigenvalue weighted by Crippen LogP contribution is -2.36. The van der Waals surface area contributed by atoms with Crippen molar-refractivity contribution in [3.8, 4) is 5.75 Å². The maximum atomic E-state index is 13.3. The van der Waals surface area contributed by atoms with Crippen LogP contribution in [0.3, 0.4) is 0 Å². The van der Waals surface area contributed by atoms with Gasteiger partial charge in [0.15, 0.2) is 0 Å². The second-order valence-corrected chi connectivity index (χ2v) is 20.3. The molecule has 4 aromatic heterocycles. The predicted molar refractivity (Wildman–Crippen MR) is 229 cm³/mol. The second-order valence-electron chi connectivity index (χ2n) is 17.7. The third-order valence-corrected chi connectivity index (χ3v) is 16.7. The first-order chi connectivity index (χ1) is 28.3. The summed E-state index contributed by atoms with van der Waals surface area (Å²) in [6.07, 6.45) is 18.0. The Morgan fingerprint density at radius 3 is 2.03 bits per heavy atom. The zero-order valence-electron chi connectivity index (χ0n) is 32.8. The Kier molecular flexibility index (Phi) is 9.04. The first kappa shape index (κ1) is 36.8. The van der Waals surface area contributed by atoms with E-state index in [0.717, 1.165) is 108 Å². The number of carbonyl (C=O) groups is 2. The molecule has 14 heteroatoms. The van der Waals surface area contributed by atoms with Crippen LogP contribution in [0.15, 0.2) is 29.8 Å². The van der Waals surface area contributed by atoms with Gasteiger partial charge in [0.05, 0.1) is 29.6 Å². The second kappa shape index (κ2) is 14.2. The number of fused-ring (bicyclic) bond motifs is 7. The number of thiophene rings is 2. The number of nitrogens with one attached hydrogen (secondary N) is 1. The number of aliphatic imine (C=N–C) groups is 1. The lowest BCUT2D eigenvalue weighted by Gasteiger charge is -2.26. The fourth-order valence-corrected chi connectivity index (χ4v) is 13.1. The quantitative estimate of drug-likeness (QED) is 0.169. The molecule has 4 aliphatic carbocycles. The Labute approximate surface area is 350 Å². The monoisotopic (exact) mass is 834 g/mol. The average Bonchev–Trinajstić information content (AvgIpc) is 3.72. The summed E-state index contributed by atoms with van der Waals surface area (Å²) in [4.78, 5) is 57.1. The highest BCUT2D eigenvalue weighted by atomic mass is 35.5. The number of anilines is 2. The predicted octanol–water partition coefficient (Wildman–Crippen LogP) is 8.35. The molecule has 12 rings (SSSR count). The van der Waals surface area contributed by atoms with E-state index in [1.54, 1.807) is 29.0 Å². The number of halogens is 1. The zero-order chi connectivity index (χ0) is 39.2. The molecule has 2 atom stereocenters. The van der Waals surface area contributed by atoms with E-state index in [9.17, 15) is 9.59 Å². The third kappa shape index (κ3) is 6.56. The Morgan fingerprint density at radius 2 is 1.43 bits per heavy atom. The summed E-state index contributed by atoms with van der Waals surface area (Å²) in [7, 11) is 0. The third-order valence-electron chi connectivity index (χ3n) is 14.0. The number of hydrogen-bond acceptors (Lipinski definition) is 11. The van der Waals surface area contributed by atoms with Crippen LogP contribution in [0.1, 0.15) is 90.3 Å². The topological polar surface area (TPSA) is 126 Å². The van der Waals surface area contributed by atoms with Crippen LogP contribution in [0, 0.1) is 22.7 Å². The first-order valence-electron chi connectivity index (χ1n) is 21.1. The van der Waals surface area contributed by atoms with Gasteiger partial charge in [0.1, 0.15) is 39.0 Å². The first-order valence-corrected chi connectivity index (χ1v) is 23.1. The lowest BCUT2D eigenvalue weighted by atomic mass is 9.87. The summed E-state index contributed by atoms with van der Waals surface area (Å²) < 4.78 is 5.95. The summed E-state index contributed by atoms with van der Waals surface area (Å²) in [5.74, 6) is 2.59. The van der Waals surface area contributed by atoms with E-state index < -0.39 is 0 Å². The molecule has 7 aliphatic rings. The molecule has 11 nitrogen and oxygen atoms in total. The number of hydrogen-bond donors (Lipinski definition) is 1. The van der Waals surface area contributed by atoms with Crippen molar-refractivity contribution < 1.29 is 14.3 Å². The molecule has 2 unspecified atom stereocenters. The number of carbonyl (C=O) groups excluding carboxylic acids is 2. The van der Waals surface area contributed by atoms with Gasteiger partial charge in [-0.1, -0.05) is 11.6 Å². The van der Waals surface area contributed by atoms with Crippen molar-refractivity contribution >= 4 is 84.2 Å². The summed E-state index contributed by atoms with van der Waals surface area (Å²) in [6.45, 7) is 7.18. The SMILES string of the molecule is CCOc1cc2c(cc1Nc1ncnc3sc4c(c13)CCC(C(=O)N1CCC3(CC3)C1)C4)C=NC2.O=C(C1CCc2c(sc3ncnc(Cl)c23)C1)N1CCC2(CC2)C1. The molecule has 2 saturated heterocycles. The number of rotatable bonds is 6. The number of benzene rings is 1. The molecular formula is C44H47ClN8O3S2. The van der Waals surface area contributed by atoms with Gasteiger partial charge in [0, 0.05) is 54.0 Å². The number of aryl methyl sites for hydroxylation is 2. The van der Waals surface area contributed by atoms with E-state index in [0.29, 0.717) is 40.9 Å². The Balaban J connectivity index is 0.000000145. The van der Waals surface area contributed by atoms with Crippen LogP contribution in [0.5, 0.6) is 5.75 Å². The summed E-state index contributed by atoms with van der Waals surface area (Å²) in [5.41, 5.74) is 6.76. The number of nitrogens with zero attached hydrogens (tertiary/aromatic N) is 7. The molecule has 4 fully saturated rings. The van der Waals surface area contributed by atoms with E-state index in [1.165, 1.54) is 71.3 Å². The number of amides is 2. The van der Waals surface area contributed by atoms with Gasteiger partial charge < -0.3 is 19.9 Å². The molecule has 2 spiro atoms. The number of ether oxygens (including phenoxy) is 1.